The van der Waals surface area contributed by atoms with Crippen molar-refractivity contribution in [3.8, 4) is 11.5 Å². The summed E-state index contributed by atoms with van der Waals surface area (Å²) in [7, 11) is 0. The number of hydrogen-bond acceptors (Lipinski definition) is 4. The maximum absolute atomic E-state index is 9.71. The molecule has 0 radical (unpaired) electrons. The third kappa shape index (κ3) is 2.34. The van der Waals surface area contributed by atoms with Gasteiger partial charge in [0, 0.05) is 6.04 Å². The van der Waals surface area contributed by atoms with Gasteiger partial charge in [-0.2, -0.15) is 0 Å². The maximum Gasteiger partial charge on any atom is 0.231 e. The van der Waals surface area contributed by atoms with E-state index < -0.39 is 6.10 Å². The van der Waals surface area contributed by atoms with Crippen LogP contribution in [0.1, 0.15) is 18.6 Å². The van der Waals surface area contributed by atoms with E-state index in [1.807, 2.05) is 0 Å². The highest BCUT2D eigenvalue weighted by molar-refractivity contribution is 5.85. The van der Waals surface area contributed by atoms with Crippen molar-refractivity contribution in [3.63, 3.8) is 0 Å². The number of halogens is 1. The van der Waals surface area contributed by atoms with E-state index >= 15 is 0 Å². The summed E-state index contributed by atoms with van der Waals surface area (Å²) in [5.41, 5.74) is 6.35. The Morgan fingerprint density at radius 3 is 2.67 bits per heavy atom. The maximum atomic E-state index is 9.71. The van der Waals surface area contributed by atoms with Gasteiger partial charge in [0.25, 0.3) is 0 Å². The molecule has 15 heavy (non-hydrogen) atoms. The quantitative estimate of drug-likeness (QED) is 0.803. The van der Waals surface area contributed by atoms with E-state index in [-0.39, 0.29) is 25.2 Å². The number of rotatable bonds is 2. The second-order valence-electron chi connectivity index (χ2n) is 3.42. The number of ether oxygens (including phenoxy) is 2. The largest absolute Gasteiger partial charge is 0.454 e. The molecule has 0 saturated carbocycles. The Bertz CT molecular complexity index is 343. The minimum Gasteiger partial charge on any atom is -0.454 e. The van der Waals surface area contributed by atoms with Crippen LogP contribution in [0.2, 0.25) is 0 Å². The standard InChI is InChI=1S/C10H13NO3.ClH/c1-6(11)10(12)7-2-3-8-9(4-7)14-5-13-8;/h2-4,6,10,12H,5,11H2,1H3;1H/t6-,10-;/m0./s1. The van der Waals surface area contributed by atoms with Crippen molar-refractivity contribution in [2.24, 2.45) is 5.73 Å². The zero-order valence-electron chi connectivity index (χ0n) is 8.34. The first-order chi connectivity index (χ1) is 6.68. The zero-order chi connectivity index (χ0) is 10.1. The third-order valence-corrected chi connectivity index (χ3v) is 2.24. The molecule has 5 heteroatoms. The van der Waals surface area contributed by atoms with E-state index in [4.69, 9.17) is 15.2 Å². The van der Waals surface area contributed by atoms with Gasteiger partial charge in [0.1, 0.15) is 0 Å². The molecule has 2 atom stereocenters. The summed E-state index contributed by atoms with van der Waals surface area (Å²) in [4.78, 5) is 0. The Morgan fingerprint density at radius 2 is 2.00 bits per heavy atom. The van der Waals surface area contributed by atoms with E-state index in [1.165, 1.54) is 0 Å². The van der Waals surface area contributed by atoms with Gasteiger partial charge in [0.05, 0.1) is 6.10 Å². The first-order valence-electron chi connectivity index (χ1n) is 4.51. The molecule has 1 aliphatic rings. The van der Waals surface area contributed by atoms with Gasteiger partial charge in [-0.05, 0) is 24.6 Å². The minimum atomic E-state index is -0.663. The van der Waals surface area contributed by atoms with Crippen molar-refractivity contribution in [2.75, 3.05) is 6.79 Å². The Labute approximate surface area is 94.4 Å². The molecule has 0 aliphatic carbocycles. The van der Waals surface area contributed by atoms with Gasteiger partial charge in [0.15, 0.2) is 11.5 Å². The normalized spacial score (nSPS) is 16.7. The van der Waals surface area contributed by atoms with Crippen LogP contribution in [0.15, 0.2) is 18.2 Å². The van der Waals surface area contributed by atoms with Gasteiger partial charge >= 0.3 is 0 Å². The van der Waals surface area contributed by atoms with Crippen molar-refractivity contribution in [1.82, 2.24) is 0 Å². The van der Waals surface area contributed by atoms with Crippen molar-refractivity contribution < 1.29 is 14.6 Å². The highest BCUT2D eigenvalue weighted by atomic mass is 35.5. The van der Waals surface area contributed by atoms with Crippen LogP contribution >= 0.6 is 12.4 Å². The Kier molecular flexibility index (Phi) is 3.79. The molecule has 1 heterocycles. The highest BCUT2D eigenvalue weighted by Crippen LogP contribution is 2.34. The molecule has 1 aromatic carbocycles. The number of nitrogens with two attached hydrogens (primary N) is 1. The summed E-state index contributed by atoms with van der Waals surface area (Å²) in [6, 6.07) is 5.04. The molecule has 84 valence electrons. The molecule has 3 N–H and O–H groups in total. The number of hydrogen-bond donors (Lipinski definition) is 2. The minimum absolute atomic E-state index is 0. The molecule has 0 amide bonds. The summed E-state index contributed by atoms with van der Waals surface area (Å²) in [5.74, 6) is 1.38. The van der Waals surface area contributed by atoms with E-state index in [2.05, 4.69) is 0 Å². The van der Waals surface area contributed by atoms with Crippen molar-refractivity contribution in [2.45, 2.75) is 19.1 Å². The second-order valence-corrected chi connectivity index (χ2v) is 3.42. The van der Waals surface area contributed by atoms with E-state index in [9.17, 15) is 5.11 Å². The number of benzene rings is 1. The molecule has 0 saturated heterocycles. The van der Waals surface area contributed by atoms with Gasteiger partial charge in [0.2, 0.25) is 6.79 Å². The molecule has 1 aliphatic heterocycles. The fourth-order valence-electron chi connectivity index (χ4n) is 1.40. The fraction of sp³-hybridized carbons (Fsp3) is 0.400. The van der Waals surface area contributed by atoms with Gasteiger partial charge in [-0.3, -0.25) is 0 Å². The van der Waals surface area contributed by atoms with Crippen molar-refractivity contribution in [3.05, 3.63) is 23.8 Å². The van der Waals surface area contributed by atoms with Crippen LogP contribution in [0.5, 0.6) is 11.5 Å². The predicted octanol–water partition coefficient (Wildman–Crippen LogP) is 1.22. The third-order valence-electron chi connectivity index (χ3n) is 2.24. The van der Waals surface area contributed by atoms with Gasteiger partial charge in [-0.15, -0.1) is 12.4 Å². The summed E-state index contributed by atoms with van der Waals surface area (Å²) >= 11 is 0. The average Bonchev–Trinajstić information content (AvgIpc) is 2.62. The SMILES string of the molecule is C[C@H](N)[C@H](O)c1ccc2c(c1)OCO2.Cl. The van der Waals surface area contributed by atoms with Crippen LogP contribution in [0.4, 0.5) is 0 Å². The van der Waals surface area contributed by atoms with Crippen molar-refractivity contribution in [1.29, 1.82) is 0 Å². The Balaban J connectivity index is 0.00000112. The predicted molar refractivity (Wildman–Crippen MR) is 58.4 cm³/mol. The molecule has 0 unspecified atom stereocenters. The molecular weight excluding hydrogens is 218 g/mol. The molecular formula is C10H14ClNO3. The smallest absolute Gasteiger partial charge is 0.231 e. The van der Waals surface area contributed by atoms with E-state index in [0.717, 1.165) is 5.56 Å². The molecule has 2 rings (SSSR count). The molecule has 4 nitrogen and oxygen atoms in total. The lowest BCUT2D eigenvalue weighted by molar-refractivity contribution is 0.152. The molecule has 0 fully saturated rings. The summed E-state index contributed by atoms with van der Waals surface area (Å²) < 4.78 is 10.4. The van der Waals surface area contributed by atoms with Crippen LogP contribution in [0.25, 0.3) is 0 Å². The summed E-state index contributed by atoms with van der Waals surface area (Å²) in [5, 5.41) is 9.71. The highest BCUT2D eigenvalue weighted by Gasteiger charge is 2.18. The second kappa shape index (κ2) is 4.70. The zero-order valence-corrected chi connectivity index (χ0v) is 9.16. The monoisotopic (exact) mass is 231 g/mol. The van der Waals surface area contributed by atoms with Gasteiger partial charge in [-0.1, -0.05) is 6.07 Å². The summed E-state index contributed by atoms with van der Waals surface area (Å²) in [6.07, 6.45) is -0.663. The topological polar surface area (TPSA) is 64.7 Å². The lowest BCUT2D eigenvalue weighted by Gasteiger charge is -2.14. The molecule has 0 aromatic heterocycles. The van der Waals surface area contributed by atoms with Gasteiger partial charge in [-0.25, -0.2) is 0 Å². The summed E-state index contributed by atoms with van der Waals surface area (Å²) in [6.45, 7) is 2.00. The van der Waals surface area contributed by atoms with Crippen LogP contribution in [-0.4, -0.2) is 17.9 Å². The number of aliphatic hydroxyl groups is 1. The van der Waals surface area contributed by atoms with Crippen LogP contribution < -0.4 is 15.2 Å². The van der Waals surface area contributed by atoms with Gasteiger partial charge < -0.3 is 20.3 Å². The molecule has 0 spiro atoms. The molecule has 0 bridgehead atoms. The number of aliphatic hydroxyl groups excluding tert-OH is 1. The fourth-order valence-corrected chi connectivity index (χ4v) is 1.40. The Hall–Kier alpha value is -0.970. The average molecular weight is 232 g/mol. The first-order valence-corrected chi connectivity index (χ1v) is 4.51. The first kappa shape index (κ1) is 12.1. The van der Waals surface area contributed by atoms with Crippen LogP contribution in [0.3, 0.4) is 0 Å². The van der Waals surface area contributed by atoms with E-state index in [1.54, 1.807) is 25.1 Å². The molecule has 1 aromatic rings. The number of fused-ring (bicyclic) bond motifs is 1. The van der Waals surface area contributed by atoms with Crippen molar-refractivity contribution >= 4 is 12.4 Å². The lowest BCUT2D eigenvalue weighted by atomic mass is 10.0. The van der Waals surface area contributed by atoms with E-state index in [0.29, 0.717) is 11.5 Å². The van der Waals surface area contributed by atoms with Crippen LogP contribution in [-0.2, 0) is 0 Å². The Morgan fingerprint density at radius 1 is 1.33 bits per heavy atom. The lowest BCUT2D eigenvalue weighted by Crippen LogP contribution is -2.24. The van der Waals surface area contributed by atoms with Crippen LogP contribution in [0, 0.1) is 0 Å².